The van der Waals surface area contributed by atoms with Crippen LogP contribution in [-0.4, -0.2) is 18.3 Å². The summed E-state index contributed by atoms with van der Waals surface area (Å²) >= 11 is 0. The van der Waals surface area contributed by atoms with Crippen molar-refractivity contribution in [3.8, 4) is 0 Å². The molecule has 0 saturated carbocycles. The van der Waals surface area contributed by atoms with E-state index in [1.807, 2.05) is 37.3 Å². The van der Waals surface area contributed by atoms with Crippen LogP contribution in [0.2, 0.25) is 0 Å². The van der Waals surface area contributed by atoms with Crippen molar-refractivity contribution in [2.24, 2.45) is 5.73 Å². The van der Waals surface area contributed by atoms with Crippen molar-refractivity contribution in [1.82, 2.24) is 0 Å². The smallest absolute Gasteiger partial charge is 0.0537 e. The summed E-state index contributed by atoms with van der Waals surface area (Å²) in [5.41, 5.74) is 6.39. The summed E-state index contributed by atoms with van der Waals surface area (Å²) in [6.07, 6.45) is 0. The molecule has 3 heteroatoms. The van der Waals surface area contributed by atoms with E-state index < -0.39 is 0 Å². The van der Waals surface area contributed by atoms with E-state index in [9.17, 15) is 0 Å². The highest BCUT2D eigenvalue weighted by Crippen LogP contribution is 2.20. The van der Waals surface area contributed by atoms with Crippen LogP contribution < -0.4 is 5.73 Å². The predicted octanol–water partition coefficient (Wildman–Crippen LogP) is 1.32. The second kappa shape index (κ2) is 5.22. The molecule has 1 unspecified atom stereocenters. The Morgan fingerprint density at radius 1 is 1.31 bits per heavy atom. The van der Waals surface area contributed by atoms with Crippen LogP contribution in [0.25, 0.3) is 0 Å². The lowest BCUT2D eigenvalue weighted by Gasteiger charge is -2.25. The molecule has 74 valence electrons. The van der Waals surface area contributed by atoms with E-state index in [-0.39, 0.29) is 24.4 Å². The minimum atomic E-state index is -0.290. The van der Waals surface area contributed by atoms with Crippen LogP contribution >= 0.6 is 12.4 Å². The molecule has 0 aliphatic rings. The van der Waals surface area contributed by atoms with Gasteiger partial charge < -0.3 is 10.8 Å². The van der Waals surface area contributed by atoms with Gasteiger partial charge in [0, 0.05) is 12.0 Å². The quantitative estimate of drug-likeness (QED) is 0.775. The van der Waals surface area contributed by atoms with Gasteiger partial charge in [-0.3, -0.25) is 0 Å². The maximum Gasteiger partial charge on any atom is 0.0537 e. The highest BCUT2D eigenvalue weighted by molar-refractivity contribution is 5.85. The summed E-state index contributed by atoms with van der Waals surface area (Å²) in [5.74, 6) is 0. The molecule has 0 saturated heterocycles. The topological polar surface area (TPSA) is 46.2 Å². The van der Waals surface area contributed by atoms with Crippen LogP contribution in [0, 0.1) is 0 Å². The molecular formula is C10H16ClNO. The van der Waals surface area contributed by atoms with Crippen LogP contribution in [0.5, 0.6) is 0 Å². The fourth-order valence-electron chi connectivity index (χ4n) is 1.11. The van der Waals surface area contributed by atoms with Crippen molar-refractivity contribution < 1.29 is 5.11 Å². The third kappa shape index (κ3) is 2.69. The van der Waals surface area contributed by atoms with Gasteiger partial charge >= 0.3 is 0 Å². The first-order valence-corrected chi connectivity index (χ1v) is 4.09. The molecule has 0 amide bonds. The Balaban J connectivity index is 0.00000144. The summed E-state index contributed by atoms with van der Waals surface area (Å²) in [5, 5.41) is 9.16. The van der Waals surface area contributed by atoms with Gasteiger partial charge in [0.15, 0.2) is 0 Å². The Bertz CT molecular complexity index is 234. The molecule has 3 N–H and O–H groups in total. The van der Waals surface area contributed by atoms with Crippen molar-refractivity contribution in [2.45, 2.75) is 12.3 Å². The zero-order valence-corrected chi connectivity index (χ0v) is 8.55. The number of rotatable bonds is 3. The van der Waals surface area contributed by atoms with Crippen molar-refractivity contribution in [3.05, 3.63) is 35.9 Å². The van der Waals surface area contributed by atoms with E-state index in [1.165, 1.54) is 0 Å². The van der Waals surface area contributed by atoms with Crippen LogP contribution in [-0.2, 0) is 5.41 Å². The number of hydrogen-bond acceptors (Lipinski definition) is 2. The van der Waals surface area contributed by atoms with Crippen molar-refractivity contribution in [2.75, 3.05) is 13.2 Å². The van der Waals surface area contributed by atoms with Crippen molar-refractivity contribution in [1.29, 1.82) is 0 Å². The average molecular weight is 202 g/mol. The van der Waals surface area contributed by atoms with Crippen LogP contribution in [0.3, 0.4) is 0 Å². The fraction of sp³-hybridized carbons (Fsp3) is 0.400. The van der Waals surface area contributed by atoms with Gasteiger partial charge in [0.25, 0.3) is 0 Å². The predicted molar refractivity (Wildman–Crippen MR) is 57.2 cm³/mol. The van der Waals surface area contributed by atoms with Gasteiger partial charge in [0.2, 0.25) is 0 Å². The molecule has 1 rings (SSSR count). The molecule has 0 heterocycles. The molecule has 1 aromatic rings. The van der Waals surface area contributed by atoms with Gasteiger partial charge in [-0.15, -0.1) is 12.4 Å². The van der Waals surface area contributed by atoms with E-state index >= 15 is 0 Å². The van der Waals surface area contributed by atoms with Gasteiger partial charge in [-0.05, 0) is 5.56 Å². The van der Waals surface area contributed by atoms with E-state index in [0.29, 0.717) is 6.54 Å². The van der Waals surface area contributed by atoms with Crippen LogP contribution in [0.4, 0.5) is 0 Å². The lowest BCUT2D eigenvalue weighted by Crippen LogP contribution is -2.35. The maximum absolute atomic E-state index is 9.16. The number of hydrogen-bond donors (Lipinski definition) is 2. The number of benzene rings is 1. The summed E-state index contributed by atoms with van der Waals surface area (Å²) in [6, 6.07) is 9.85. The summed E-state index contributed by atoms with van der Waals surface area (Å²) in [6.45, 7) is 2.52. The van der Waals surface area contributed by atoms with Crippen molar-refractivity contribution in [3.63, 3.8) is 0 Å². The summed E-state index contributed by atoms with van der Waals surface area (Å²) < 4.78 is 0. The Hall–Kier alpha value is -0.570. The second-order valence-corrected chi connectivity index (χ2v) is 3.29. The minimum Gasteiger partial charge on any atom is -0.395 e. The van der Waals surface area contributed by atoms with E-state index in [0.717, 1.165) is 5.56 Å². The lowest BCUT2D eigenvalue weighted by molar-refractivity contribution is 0.210. The summed E-state index contributed by atoms with van der Waals surface area (Å²) in [4.78, 5) is 0. The minimum absolute atomic E-state index is 0. The zero-order valence-electron chi connectivity index (χ0n) is 7.73. The molecule has 0 bridgehead atoms. The first-order chi connectivity index (χ1) is 5.73. The SMILES string of the molecule is CC(CN)(CO)c1ccccc1.Cl. The average Bonchev–Trinajstić information content (AvgIpc) is 2.18. The molecule has 0 radical (unpaired) electrons. The molecule has 1 aromatic carbocycles. The molecule has 0 aromatic heterocycles. The highest BCUT2D eigenvalue weighted by Gasteiger charge is 2.23. The van der Waals surface area contributed by atoms with Gasteiger partial charge in [-0.1, -0.05) is 37.3 Å². The maximum atomic E-state index is 9.16. The standard InChI is InChI=1S/C10H15NO.ClH/c1-10(7-11,8-12)9-5-3-2-4-6-9;/h2-6,12H,7-8,11H2,1H3;1H. The molecule has 0 fully saturated rings. The number of aliphatic hydroxyl groups is 1. The normalized spacial score (nSPS) is 14.4. The third-order valence-electron chi connectivity index (χ3n) is 2.27. The molecule has 2 nitrogen and oxygen atoms in total. The molecule has 0 aliphatic carbocycles. The monoisotopic (exact) mass is 201 g/mol. The first-order valence-electron chi connectivity index (χ1n) is 4.09. The largest absolute Gasteiger partial charge is 0.395 e. The van der Waals surface area contributed by atoms with E-state index in [1.54, 1.807) is 0 Å². The van der Waals surface area contributed by atoms with Gasteiger partial charge in [0.05, 0.1) is 6.61 Å². The molecule has 0 aliphatic heterocycles. The number of halogens is 1. The van der Waals surface area contributed by atoms with Gasteiger partial charge in [-0.2, -0.15) is 0 Å². The Morgan fingerprint density at radius 2 is 1.85 bits per heavy atom. The van der Waals surface area contributed by atoms with Gasteiger partial charge in [0.1, 0.15) is 0 Å². The number of nitrogens with two attached hydrogens (primary N) is 1. The van der Waals surface area contributed by atoms with E-state index in [2.05, 4.69) is 0 Å². The zero-order chi connectivity index (χ0) is 9.03. The number of aliphatic hydroxyl groups excluding tert-OH is 1. The Kier molecular flexibility index (Phi) is 4.99. The fourth-order valence-corrected chi connectivity index (χ4v) is 1.11. The highest BCUT2D eigenvalue weighted by atomic mass is 35.5. The second-order valence-electron chi connectivity index (χ2n) is 3.29. The molecular weight excluding hydrogens is 186 g/mol. The molecule has 1 atom stereocenters. The lowest BCUT2D eigenvalue weighted by atomic mass is 9.83. The van der Waals surface area contributed by atoms with Crippen LogP contribution in [0.1, 0.15) is 12.5 Å². The third-order valence-corrected chi connectivity index (χ3v) is 2.27. The van der Waals surface area contributed by atoms with Crippen LogP contribution in [0.15, 0.2) is 30.3 Å². The van der Waals surface area contributed by atoms with E-state index in [4.69, 9.17) is 10.8 Å². The summed E-state index contributed by atoms with van der Waals surface area (Å²) in [7, 11) is 0. The molecule has 13 heavy (non-hydrogen) atoms. The Morgan fingerprint density at radius 3 is 2.23 bits per heavy atom. The first kappa shape index (κ1) is 12.4. The van der Waals surface area contributed by atoms with Gasteiger partial charge in [-0.25, -0.2) is 0 Å². The van der Waals surface area contributed by atoms with Crippen molar-refractivity contribution >= 4 is 12.4 Å². The Labute approximate surface area is 85.2 Å². The molecule has 0 spiro atoms.